The van der Waals surface area contributed by atoms with E-state index in [2.05, 4.69) is 4.90 Å². The molecule has 2 aliphatic heterocycles. The molecule has 5 heteroatoms. The van der Waals surface area contributed by atoms with Crippen molar-refractivity contribution in [3.63, 3.8) is 0 Å². The molecular formula is C18H26N2O3. The molecule has 0 unspecified atom stereocenters. The molecule has 0 bridgehead atoms. The Labute approximate surface area is 137 Å². The maximum Gasteiger partial charge on any atom is 0.253 e. The number of nitrogens with zero attached hydrogens (tertiary/aromatic N) is 2. The molecular weight excluding hydrogens is 292 g/mol. The zero-order valence-corrected chi connectivity index (χ0v) is 13.6. The van der Waals surface area contributed by atoms with E-state index >= 15 is 0 Å². The van der Waals surface area contributed by atoms with Gasteiger partial charge in [0.2, 0.25) is 0 Å². The number of carbonyl (C=O) groups excluding carboxylic acids is 1. The molecule has 0 saturated carbocycles. The first-order chi connectivity index (χ1) is 11.1. The van der Waals surface area contributed by atoms with Crippen LogP contribution in [0, 0.1) is 0 Å². The number of aliphatic hydroxyl groups is 2. The molecule has 23 heavy (non-hydrogen) atoms. The normalized spacial score (nSPS) is 25.5. The van der Waals surface area contributed by atoms with Crippen LogP contribution in [0.1, 0.15) is 42.5 Å². The Morgan fingerprint density at radius 2 is 1.70 bits per heavy atom. The van der Waals surface area contributed by atoms with Crippen molar-refractivity contribution in [3.8, 4) is 0 Å². The van der Waals surface area contributed by atoms with E-state index in [0.29, 0.717) is 37.9 Å². The Bertz CT molecular complexity index is 540. The minimum absolute atomic E-state index is 0.0140. The van der Waals surface area contributed by atoms with Crippen LogP contribution in [0.15, 0.2) is 24.3 Å². The molecule has 0 radical (unpaired) electrons. The van der Waals surface area contributed by atoms with Crippen LogP contribution in [-0.4, -0.2) is 59.4 Å². The lowest BCUT2D eigenvalue weighted by Gasteiger charge is -2.24. The second-order valence-electron chi connectivity index (χ2n) is 6.77. The van der Waals surface area contributed by atoms with E-state index in [1.807, 2.05) is 24.3 Å². The fraction of sp³-hybridized carbons (Fsp3) is 0.611. The van der Waals surface area contributed by atoms with Crippen molar-refractivity contribution in [2.45, 2.75) is 37.7 Å². The molecule has 2 heterocycles. The predicted molar refractivity (Wildman–Crippen MR) is 89.7 cm³/mol. The van der Waals surface area contributed by atoms with E-state index in [1.165, 1.54) is 18.5 Å². The zero-order chi connectivity index (χ0) is 16.3. The Morgan fingerprint density at radius 1 is 1.00 bits per heavy atom. The molecule has 126 valence electrons. The summed E-state index contributed by atoms with van der Waals surface area (Å²) in [5.41, 5.74) is 0.848. The lowest BCUT2D eigenvalue weighted by Crippen LogP contribution is -2.36. The van der Waals surface area contributed by atoms with Crippen LogP contribution in [0.2, 0.25) is 0 Å². The molecule has 2 fully saturated rings. The predicted octanol–water partition coefficient (Wildman–Crippen LogP) is 1.64. The summed E-state index contributed by atoms with van der Waals surface area (Å²) in [5.74, 6) is 0.0140. The number of hydrogen-bond donors (Lipinski definition) is 2. The number of carbonyl (C=O) groups is 1. The quantitative estimate of drug-likeness (QED) is 0.889. The maximum absolute atomic E-state index is 12.7. The molecule has 2 N–H and O–H groups in total. The maximum atomic E-state index is 12.7. The highest BCUT2D eigenvalue weighted by Gasteiger charge is 2.31. The van der Waals surface area contributed by atoms with Crippen molar-refractivity contribution in [2.75, 3.05) is 37.7 Å². The molecule has 2 saturated heterocycles. The van der Waals surface area contributed by atoms with Gasteiger partial charge in [0.25, 0.3) is 5.91 Å². The SMILES string of the molecule is O=C(c1ccc(N2CCCC2)cc1)N1CCC[C@@](O)(CO)CC1. The number of likely N-dealkylation sites (tertiary alicyclic amines) is 1. The molecule has 0 aliphatic carbocycles. The summed E-state index contributed by atoms with van der Waals surface area (Å²) in [6.45, 7) is 3.08. The highest BCUT2D eigenvalue weighted by atomic mass is 16.3. The Hall–Kier alpha value is -1.59. The largest absolute Gasteiger partial charge is 0.393 e. The number of benzene rings is 1. The van der Waals surface area contributed by atoms with Crippen LogP contribution in [0.4, 0.5) is 5.69 Å². The highest BCUT2D eigenvalue weighted by molar-refractivity contribution is 5.94. The van der Waals surface area contributed by atoms with Gasteiger partial charge >= 0.3 is 0 Å². The van der Waals surface area contributed by atoms with Crippen molar-refractivity contribution in [1.29, 1.82) is 0 Å². The first-order valence-electron chi connectivity index (χ1n) is 8.59. The summed E-state index contributed by atoms with van der Waals surface area (Å²) in [6, 6.07) is 7.86. The van der Waals surface area contributed by atoms with Crippen LogP contribution in [0.5, 0.6) is 0 Å². The highest BCUT2D eigenvalue weighted by Crippen LogP contribution is 2.24. The summed E-state index contributed by atoms with van der Waals surface area (Å²) in [5, 5.41) is 19.5. The van der Waals surface area contributed by atoms with Crippen LogP contribution in [-0.2, 0) is 0 Å². The Kier molecular flexibility index (Phi) is 4.87. The molecule has 5 nitrogen and oxygen atoms in total. The fourth-order valence-corrected chi connectivity index (χ4v) is 3.51. The van der Waals surface area contributed by atoms with Gasteiger partial charge in [-0.2, -0.15) is 0 Å². The van der Waals surface area contributed by atoms with E-state index in [-0.39, 0.29) is 12.5 Å². The van der Waals surface area contributed by atoms with Crippen LogP contribution in [0.3, 0.4) is 0 Å². The topological polar surface area (TPSA) is 64.0 Å². The number of amides is 1. The van der Waals surface area contributed by atoms with Gasteiger partial charge in [-0.15, -0.1) is 0 Å². The van der Waals surface area contributed by atoms with Gasteiger partial charge in [-0.05, 0) is 56.4 Å². The summed E-state index contributed by atoms with van der Waals surface area (Å²) in [4.78, 5) is 16.8. The number of anilines is 1. The third-order valence-corrected chi connectivity index (χ3v) is 5.08. The van der Waals surface area contributed by atoms with E-state index in [1.54, 1.807) is 4.90 Å². The first-order valence-corrected chi connectivity index (χ1v) is 8.59. The van der Waals surface area contributed by atoms with E-state index in [9.17, 15) is 15.0 Å². The van der Waals surface area contributed by atoms with E-state index < -0.39 is 5.60 Å². The van der Waals surface area contributed by atoms with Crippen molar-refractivity contribution in [1.82, 2.24) is 4.90 Å². The van der Waals surface area contributed by atoms with Gasteiger partial charge in [0.05, 0.1) is 12.2 Å². The summed E-state index contributed by atoms with van der Waals surface area (Å²) >= 11 is 0. The van der Waals surface area contributed by atoms with Gasteiger partial charge in [0.1, 0.15) is 0 Å². The monoisotopic (exact) mass is 318 g/mol. The molecule has 1 aromatic rings. The first kappa shape index (κ1) is 16.3. The van der Waals surface area contributed by atoms with Crippen LogP contribution in [0.25, 0.3) is 0 Å². The zero-order valence-electron chi connectivity index (χ0n) is 13.6. The van der Waals surface area contributed by atoms with Crippen molar-refractivity contribution in [3.05, 3.63) is 29.8 Å². The Morgan fingerprint density at radius 3 is 2.35 bits per heavy atom. The smallest absolute Gasteiger partial charge is 0.253 e. The summed E-state index contributed by atoms with van der Waals surface area (Å²) in [6.07, 6.45) is 4.17. The lowest BCUT2D eigenvalue weighted by atomic mass is 9.96. The van der Waals surface area contributed by atoms with Gasteiger partial charge < -0.3 is 20.0 Å². The van der Waals surface area contributed by atoms with E-state index in [0.717, 1.165) is 13.1 Å². The number of hydrogen-bond acceptors (Lipinski definition) is 4. The van der Waals surface area contributed by atoms with Crippen molar-refractivity contribution < 1.29 is 15.0 Å². The minimum Gasteiger partial charge on any atom is -0.393 e. The van der Waals surface area contributed by atoms with Crippen molar-refractivity contribution in [2.24, 2.45) is 0 Å². The fourth-order valence-electron chi connectivity index (χ4n) is 3.51. The third-order valence-electron chi connectivity index (χ3n) is 5.08. The summed E-state index contributed by atoms with van der Waals surface area (Å²) in [7, 11) is 0. The second-order valence-corrected chi connectivity index (χ2v) is 6.77. The molecule has 3 rings (SSSR count). The van der Waals surface area contributed by atoms with E-state index in [4.69, 9.17) is 0 Å². The van der Waals surface area contributed by atoms with Gasteiger partial charge in [0, 0.05) is 37.4 Å². The van der Waals surface area contributed by atoms with Gasteiger partial charge in [0.15, 0.2) is 0 Å². The van der Waals surface area contributed by atoms with Gasteiger partial charge in [-0.1, -0.05) is 0 Å². The van der Waals surface area contributed by atoms with Gasteiger partial charge in [-0.25, -0.2) is 0 Å². The molecule has 0 aromatic heterocycles. The standard InChI is InChI=1S/C18H26N2O3/c21-14-18(23)8-3-12-20(13-9-18)17(22)15-4-6-16(7-5-15)19-10-1-2-11-19/h4-7,21,23H,1-3,8-14H2/t18-/m0/s1. The minimum atomic E-state index is -1.03. The number of rotatable bonds is 3. The van der Waals surface area contributed by atoms with Crippen LogP contribution < -0.4 is 4.90 Å². The molecule has 1 aromatic carbocycles. The molecule has 1 atom stereocenters. The summed E-state index contributed by atoms with van der Waals surface area (Å²) < 4.78 is 0. The molecule has 1 amide bonds. The number of aliphatic hydroxyl groups excluding tert-OH is 1. The van der Waals surface area contributed by atoms with Gasteiger partial charge in [-0.3, -0.25) is 4.79 Å². The van der Waals surface area contributed by atoms with Crippen molar-refractivity contribution >= 4 is 11.6 Å². The lowest BCUT2D eigenvalue weighted by molar-refractivity contribution is -0.0250. The second kappa shape index (κ2) is 6.89. The molecule has 2 aliphatic rings. The third kappa shape index (κ3) is 3.67. The van der Waals surface area contributed by atoms with Crippen LogP contribution >= 0.6 is 0 Å². The average Bonchev–Trinajstić information content (AvgIpc) is 3.05. The average molecular weight is 318 g/mol. The Balaban J connectivity index is 1.65. The molecule has 0 spiro atoms.